The number of ether oxygens (including phenoxy) is 4. The third-order valence-electron chi connectivity index (χ3n) is 5.27. The minimum absolute atomic E-state index is 0.262. The normalized spacial score (nSPS) is 10.7. The van der Waals surface area contributed by atoms with Crippen molar-refractivity contribution in [3.05, 3.63) is 76.3 Å². The van der Waals surface area contributed by atoms with E-state index in [0.29, 0.717) is 46.0 Å². The zero-order valence-corrected chi connectivity index (χ0v) is 20.9. The Bertz CT molecular complexity index is 1150. The fraction of sp³-hybridized carbons (Fsp3) is 0.296. The van der Waals surface area contributed by atoms with Gasteiger partial charge in [0.2, 0.25) is 0 Å². The molecule has 1 N–H and O–H groups in total. The number of halogens is 1. The van der Waals surface area contributed by atoms with E-state index >= 15 is 0 Å². The molecule has 3 aromatic rings. The number of carbonyl (C=O) groups is 1. The van der Waals surface area contributed by atoms with Crippen LogP contribution in [-0.2, 0) is 6.61 Å². The summed E-state index contributed by atoms with van der Waals surface area (Å²) >= 11 is 6.17. The van der Waals surface area contributed by atoms with Crippen LogP contribution in [0.25, 0.3) is 0 Å². The van der Waals surface area contributed by atoms with Gasteiger partial charge in [0.25, 0.3) is 5.91 Å². The van der Waals surface area contributed by atoms with E-state index in [4.69, 9.17) is 30.5 Å². The number of benzene rings is 3. The van der Waals surface area contributed by atoms with Crippen LogP contribution in [-0.4, -0.2) is 26.7 Å². The highest BCUT2D eigenvalue weighted by Gasteiger charge is 2.16. The van der Waals surface area contributed by atoms with Gasteiger partial charge in [-0.05, 0) is 42.7 Å². The number of rotatable bonds is 10. The summed E-state index contributed by atoms with van der Waals surface area (Å²) in [4.78, 5) is 13.1. The van der Waals surface area contributed by atoms with Crippen LogP contribution in [0.1, 0.15) is 48.2 Å². The molecule has 7 heteroatoms. The number of nitrogens with one attached hydrogen (secondary N) is 1. The summed E-state index contributed by atoms with van der Waals surface area (Å²) in [5, 5.41) is 3.26. The van der Waals surface area contributed by atoms with Crippen LogP contribution in [0.4, 0.5) is 5.69 Å². The van der Waals surface area contributed by atoms with Gasteiger partial charge in [-0.3, -0.25) is 4.79 Å². The molecule has 3 rings (SSSR count). The predicted octanol–water partition coefficient (Wildman–Crippen LogP) is 6.71. The van der Waals surface area contributed by atoms with E-state index in [0.717, 1.165) is 16.9 Å². The highest BCUT2D eigenvalue weighted by Crippen LogP contribution is 2.36. The molecule has 0 aliphatic rings. The second-order valence-electron chi connectivity index (χ2n) is 7.88. The highest BCUT2D eigenvalue weighted by atomic mass is 35.5. The summed E-state index contributed by atoms with van der Waals surface area (Å²) in [7, 11) is 3.02. The van der Waals surface area contributed by atoms with Crippen molar-refractivity contribution in [1.82, 2.24) is 0 Å². The summed E-state index contributed by atoms with van der Waals surface area (Å²) in [6, 6.07) is 16.4. The van der Waals surface area contributed by atoms with E-state index in [1.54, 1.807) is 30.3 Å². The number of anilines is 1. The monoisotopic (exact) mass is 483 g/mol. The lowest BCUT2D eigenvalue weighted by Gasteiger charge is -2.17. The molecule has 180 valence electrons. The molecular weight excluding hydrogens is 454 g/mol. The summed E-state index contributed by atoms with van der Waals surface area (Å²) in [5.74, 6) is 2.36. The molecule has 0 atom stereocenters. The smallest absolute Gasteiger partial charge is 0.255 e. The molecule has 0 aromatic heterocycles. The number of hydrogen-bond acceptors (Lipinski definition) is 5. The molecule has 0 fully saturated rings. The molecule has 0 aliphatic heterocycles. The lowest BCUT2D eigenvalue weighted by Crippen LogP contribution is -2.14. The molecule has 6 nitrogen and oxygen atoms in total. The van der Waals surface area contributed by atoms with Gasteiger partial charge in [0, 0.05) is 23.3 Å². The Morgan fingerprint density at radius 2 is 1.65 bits per heavy atom. The number of para-hydroxylation sites is 1. The Morgan fingerprint density at radius 1 is 0.912 bits per heavy atom. The first-order chi connectivity index (χ1) is 16.4. The van der Waals surface area contributed by atoms with Crippen LogP contribution in [0.2, 0.25) is 5.02 Å². The van der Waals surface area contributed by atoms with E-state index in [1.165, 1.54) is 14.2 Å². The molecule has 0 radical (unpaired) electrons. The first kappa shape index (κ1) is 25.2. The van der Waals surface area contributed by atoms with E-state index in [1.807, 2.05) is 25.1 Å². The minimum Gasteiger partial charge on any atom is -0.495 e. The number of carbonyl (C=O) groups excluding carboxylic acids is 1. The van der Waals surface area contributed by atoms with E-state index in [-0.39, 0.29) is 12.5 Å². The predicted molar refractivity (Wildman–Crippen MR) is 135 cm³/mol. The van der Waals surface area contributed by atoms with Crippen molar-refractivity contribution in [2.24, 2.45) is 0 Å². The first-order valence-corrected chi connectivity index (χ1v) is 11.5. The van der Waals surface area contributed by atoms with Crippen molar-refractivity contribution in [3.8, 4) is 23.0 Å². The highest BCUT2D eigenvalue weighted by molar-refractivity contribution is 6.32. The molecule has 0 aliphatic carbocycles. The Balaban J connectivity index is 1.86. The van der Waals surface area contributed by atoms with Crippen molar-refractivity contribution in [3.63, 3.8) is 0 Å². The number of hydrogen-bond donors (Lipinski definition) is 1. The zero-order chi connectivity index (χ0) is 24.7. The van der Waals surface area contributed by atoms with Gasteiger partial charge in [0.1, 0.15) is 29.6 Å². The van der Waals surface area contributed by atoms with Gasteiger partial charge < -0.3 is 24.3 Å². The molecular formula is C27H30ClNO5. The molecule has 3 aromatic carbocycles. The number of methoxy groups -OCH3 is 2. The van der Waals surface area contributed by atoms with Crippen molar-refractivity contribution in [1.29, 1.82) is 0 Å². The summed E-state index contributed by atoms with van der Waals surface area (Å²) in [6.45, 7) is 6.93. The molecule has 1 amide bonds. The maximum absolute atomic E-state index is 13.1. The second-order valence-corrected chi connectivity index (χ2v) is 8.29. The lowest BCUT2D eigenvalue weighted by atomic mass is 10.0. The van der Waals surface area contributed by atoms with Gasteiger partial charge in [-0.2, -0.15) is 0 Å². The van der Waals surface area contributed by atoms with E-state index in [9.17, 15) is 4.79 Å². The summed E-state index contributed by atoms with van der Waals surface area (Å²) in [5.41, 5.74) is 2.80. The summed E-state index contributed by atoms with van der Waals surface area (Å²) in [6.07, 6.45) is 0. The third-order valence-corrected chi connectivity index (χ3v) is 5.56. The zero-order valence-electron chi connectivity index (χ0n) is 20.1. The average Bonchev–Trinajstić information content (AvgIpc) is 2.84. The quantitative estimate of drug-likeness (QED) is 0.347. The Kier molecular flexibility index (Phi) is 8.66. The Hall–Kier alpha value is -3.38. The fourth-order valence-corrected chi connectivity index (χ4v) is 3.76. The Labute approximate surface area is 205 Å². The van der Waals surface area contributed by atoms with Gasteiger partial charge in [0.15, 0.2) is 0 Å². The summed E-state index contributed by atoms with van der Waals surface area (Å²) < 4.78 is 22.5. The molecule has 0 bridgehead atoms. The first-order valence-electron chi connectivity index (χ1n) is 11.1. The second kappa shape index (κ2) is 11.7. The minimum atomic E-state index is -0.311. The molecule has 0 saturated carbocycles. The third kappa shape index (κ3) is 5.94. The van der Waals surface area contributed by atoms with Crippen molar-refractivity contribution in [2.45, 2.75) is 33.3 Å². The van der Waals surface area contributed by atoms with Crippen molar-refractivity contribution >= 4 is 23.2 Å². The SMILES string of the molecule is CCOc1ccc(C(=O)Nc2cc(OC)c(Cl)cc2OC)cc1COc1ccccc1C(C)C. The van der Waals surface area contributed by atoms with Crippen LogP contribution >= 0.6 is 11.6 Å². The van der Waals surface area contributed by atoms with Gasteiger partial charge in [-0.15, -0.1) is 0 Å². The molecule has 0 heterocycles. The Morgan fingerprint density at radius 3 is 2.32 bits per heavy atom. The average molecular weight is 484 g/mol. The van der Waals surface area contributed by atoms with Crippen molar-refractivity contribution in [2.75, 3.05) is 26.1 Å². The largest absolute Gasteiger partial charge is 0.495 e. The van der Waals surface area contributed by atoms with E-state index < -0.39 is 0 Å². The topological polar surface area (TPSA) is 66.0 Å². The van der Waals surface area contributed by atoms with Crippen LogP contribution in [0.3, 0.4) is 0 Å². The van der Waals surface area contributed by atoms with Gasteiger partial charge in [0.05, 0.1) is 31.5 Å². The van der Waals surface area contributed by atoms with Crippen molar-refractivity contribution < 1.29 is 23.7 Å². The van der Waals surface area contributed by atoms with Crippen LogP contribution in [0.5, 0.6) is 23.0 Å². The van der Waals surface area contributed by atoms with Crippen LogP contribution in [0.15, 0.2) is 54.6 Å². The number of amides is 1. The lowest BCUT2D eigenvalue weighted by molar-refractivity contribution is 0.102. The fourth-order valence-electron chi connectivity index (χ4n) is 3.53. The maximum atomic E-state index is 13.1. The van der Waals surface area contributed by atoms with Gasteiger partial charge >= 0.3 is 0 Å². The van der Waals surface area contributed by atoms with Crippen LogP contribution in [0, 0.1) is 0 Å². The molecule has 34 heavy (non-hydrogen) atoms. The van der Waals surface area contributed by atoms with Crippen LogP contribution < -0.4 is 24.3 Å². The molecule has 0 spiro atoms. The maximum Gasteiger partial charge on any atom is 0.255 e. The van der Waals surface area contributed by atoms with Gasteiger partial charge in [-0.1, -0.05) is 43.6 Å². The van der Waals surface area contributed by atoms with E-state index in [2.05, 4.69) is 25.2 Å². The molecule has 0 unspecified atom stereocenters. The standard InChI is InChI=1S/C27H30ClNO5/c1-6-33-23-12-11-18(13-19(23)16-34-24-10-8-7-9-20(24)17(2)3)27(30)29-22-15-25(31-4)21(28)14-26(22)32-5/h7-15,17H,6,16H2,1-5H3,(H,29,30). The van der Waals surface area contributed by atoms with Gasteiger partial charge in [-0.25, -0.2) is 0 Å². The molecule has 0 saturated heterocycles.